The van der Waals surface area contributed by atoms with Gasteiger partial charge < -0.3 is 14.7 Å². The van der Waals surface area contributed by atoms with Gasteiger partial charge >= 0.3 is 6.09 Å². The third kappa shape index (κ3) is 7.13. The number of halogens is 1. The van der Waals surface area contributed by atoms with Crippen molar-refractivity contribution in [3.8, 4) is 0 Å². The Bertz CT molecular complexity index is 192. The second-order valence-electron chi connectivity index (χ2n) is 4.23. The lowest BCUT2D eigenvalue weighted by Crippen LogP contribution is -2.39. The maximum atomic E-state index is 12.0. The smallest absolute Gasteiger partial charge is 0.410 e. The maximum Gasteiger partial charge on any atom is 0.410 e. The average Bonchev–Trinajstić information content (AvgIpc) is 2.09. The highest BCUT2D eigenvalue weighted by Gasteiger charge is 2.21. The number of ether oxygens (including phenoxy) is 1. The van der Waals surface area contributed by atoms with Gasteiger partial charge in [0, 0.05) is 13.1 Å². The Labute approximate surface area is 90.0 Å². The van der Waals surface area contributed by atoms with Crippen LogP contribution in [0.3, 0.4) is 0 Å². The van der Waals surface area contributed by atoms with Crippen molar-refractivity contribution in [2.24, 2.45) is 0 Å². The van der Waals surface area contributed by atoms with Crippen molar-refractivity contribution in [3.63, 3.8) is 0 Å². The third-order valence-electron chi connectivity index (χ3n) is 1.58. The highest BCUT2D eigenvalue weighted by atomic mass is 19.1. The molecule has 0 atom stereocenters. The fourth-order valence-corrected chi connectivity index (χ4v) is 0.992. The van der Waals surface area contributed by atoms with Crippen LogP contribution < -0.4 is 0 Å². The number of aliphatic hydroxyl groups excluding tert-OH is 1. The first kappa shape index (κ1) is 14.2. The molecule has 0 aliphatic heterocycles. The molecule has 90 valence electrons. The fourth-order valence-electron chi connectivity index (χ4n) is 0.992. The van der Waals surface area contributed by atoms with Gasteiger partial charge in [0.15, 0.2) is 0 Å². The number of aliphatic hydroxyl groups is 1. The molecule has 0 saturated heterocycles. The topological polar surface area (TPSA) is 49.8 Å². The van der Waals surface area contributed by atoms with E-state index in [2.05, 4.69) is 0 Å². The first-order valence-electron chi connectivity index (χ1n) is 5.05. The van der Waals surface area contributed by atoms with Gasteiger partial charge in [-0.3, -0.25) is 4.39 Å². The van der Waals surface area contributed by atoms with E-state index in [0.717, 1.165) is 0 Å². The summed E-state index contributed by atoms with van der Waals surface area (Å²) < 4.78 is 17.1. The minimum atomic E-state index is -0.569. The molecule has 0 heterocycles. The van der Waals surface area contributed by atoms with Crippen LogP contribution in [0.4, 0.5) is 9.18 Å². The Balaban J connectivity index is 4.15. The van der Waals surface area contributed by atoms with Crippen LogP contribution in [0.2, 0.25) is 0 Å². The lowest BCUT2D eigenvalue weighted by atomic mass is 10.2. The molecule has 0 aromatic carbocycles. The van der Waals surface area contributed by atoms with Crippen molar-refractivity contribution in [2.45, 2.75) is 32.8 Å². The normalized spacial score (nSPS) is 11.3. The van der Waals surface area contributed by atoms with E-state index >= 15 is 0 Å². The van der Waals surface area contributed by atoms with Crippen molar-refractivity contribution in [1.82, 2.24) is 4.90 Å². The van der Waals surface area contributed by atoms with Gasteiger partial charge in [-0.25, -0.2) is 4.79 Å². The molecule has 0 aromatic rings. The van der Waals surface area contributed by atoms with Gasteiger partial charge in [-0.05, 0) is 27.2 Å². The van der Waals surface area contributed by atoms with Crippen LogP contribution in [0.15, 0.2) is 0 Å². The number of rotatable bonds is 5. The van der Waals surface area contributed by atoms with E-state index in [4.69, 9.17) is 9.84 Å². The molecule has 5 heteroatoms. The van der Waals surface area contributed by atoms with E-state index in [0.29, 0.717) is 0 Å². The number of alkyl halides is 1. The van der Waals surface area contributed by atoms with E-state index in [1.165, 1.54) is 4.90 Å². The van der Waals surface area contributed by atoms with Crippen molar-refractivity contribution >= 4 is 6.09 Å². The number of nitrogens with zero attached hydrogens (tertiary/aromatic N) is 1. The molecule has 0 radical (unpaired) electrons. The lowest BCUT2D eigenvalue weighted by Gasteiger charge is -2.26. The number of carbonyl (C=O) groups is 1. The molecule has 0 aliphatic rings. The van der Waals surface area contributed by atoms with Gasteiger partial charge in [-0.2, -0.15) is 0 Å². The van der Waals surface area contributed by atoms with Crippen molar-refractivity contribution in [1.29, 1.82) is 0 Å². The molecular weight excluding hydrogens is 201 g/mol. The SMILES string of the molecule is CC(C)(C)OC(=O)N(CCO)CCCF. The highest BCUT2D eigenvalue weighted by Crippen LogP contribution is 2.10. The average molecular weight is 221 g/mol. The standard InChI is InChI=1S/C10H20FNO3/c1-10(2,3)15-9(14)12(7-8-13)6-4-5-11/h13H,4-8H2,1-3H3. The zero-order chi connectivity index (χ0) is 11.9. The minimum Gasteiger partial charge on any atom is -0.444 e. The summed E-state index contributed by atoms with van der Waals surface area (Å²) in [6.45, 7) is 5.10. The van der Waals surface area contributed by atoms with E-state index in [1.807, 2.05) is 0 Å². The molecule has 0 bridgehead atoms. The van der Waals surface area contributed by atoms with Crippen LogP contribution in [0.1, 0.15) is 27.2 Å². The maximum absolute atomic E-state index is 12.0. The van der Waals surface area contributed by atoms with E-state index in [9.17, 15) is 9.18 Å². The zero-order valence-electron chi connectivity index (χ0n) is 9.62. The summed E-state index contributed by atoms with van der Waals surface area (Å²) in [6, 6.07) is 0. The summed E-state index contributed by atoms with van der Waals surface area (Å²) in [6.07, 6.45) is -0.246. The fraction of sp³-hybridized carbons (Fsp3) is 0.900. The van der Waals surface area contributed by atoms with Gasteiger partial charge in [0.1, 0.15) is 5.60 Å². The minimum absolute atomic E-state index is 0.147. The number of hydrogen-bond acceptors (Lipinski definition) is 3. The van der Waals surface area contributed by atoms with Crippen LogP contribution in [0.5, 0.6) is 0 Å². The van der Waals surface area contributed by atoms with Gasteiger partial charge in [0.25, 0.3) is 0 Å². The molecule has 0 unspecified atom stereocenters. The quantitative estimate of drug-likeness (QED) is 0.766. The Morgan fingerprint density at radius 2 is 2.00 bits per heavy atom. The molecule has 0 aliphatic carbocycles. The second-order valence-corrected chi connectivity index (χ2v) is 4.23. The molecule has 4 nitrogen and oxygen atoms in total. The Morgan fingerprint density at radius 3 is 2.40 bits per heavy atom. The van der Waals surface area contributed by atoms with Crippen molar-refractivity contribution in [2.75, 3.05) is 26.4 Å². The van der Waals surface area contributed by atoms with Crippen LogP contribution in [0, 0.1) is 0 Å². The summed E-state index contributed by atoms with van der Waals surface area (Å²) >= 11 is 0. The van der Waals surface area contributed by atoms with Crippen molar-refractivity contribution in [3.05, 3.63) is 0 Å². The van der Waals surface area contributed by atoms with Crippen LogP contribution >= 0.6 is 0 Å². The Kier molecular flexibility index (Phi) is 6.24. The summed E-state index contributed by atoms with van der Waals surface area (Å²) in [5.41, 5.74) is -0.569. The summed E-state index contributed by atoms with van der Waals surface area (Å²) in [7, 11) is 0. The number of carbonyl (C=O) groups excluding carboxylic acids is 1. The number of amides is 1. The van der Waals surface area contributed by atoms with E-state index < -0.39 is 18.4 Å². The molecule has 0 fully saturated rings. The third-order valence-corrected chi connectivity index (χ3v) is 1.58. The summed E-state index contributed by atoms with van der Waals surface area (Å²) in [5.74, 6) is 0. The molecule has 0 rings (SSSR count). The van der Waals surface area contributed by atoms with Gasteiger partial charge in [0.05, 0.1) is 13.3 Å². The molecular formula is C10H20FNO3. The van der Waals surface area contributed by atoms with E-state index in [-0.39, 0.29) is 26.1 Å². The zero-order valence-corrected chi connectivity index (χ0v) is 9.62. The predicted molar refractivity (Wildman–Crippen MR) is 55.5 cm³/mol. The van der Waals surface area contributed by atoms with Crippen LogP contribution in [-0.2, 0) is 4.74 Å². The van der Waals surface area contributed by atoms with Gasteiger partial charge in [0.2, 0.25) is 0 Å². The van der Waals surface area contributed by atoms with Crippen LogP contribution in [-0.4, -0.2) is 48.1 Å². The first-order chi connectivity index (χ1) is 6.90. The largest absolute Gasteiger partial charge is 0.444 e. The van der Waals surface area contributed by atoms with Crippen molar-refractivity contribution < 1.29 is 19.0 Å². The first-order valence-corrected chi connectivity index (χ1v) is 5.05. The summed E-state index contributed by atoms with van der Waals surface area (Å²) in [4.78, 5) is 12.8. The molecule has 0 aromatic heterocycles. The molecule has 1 N–H and O–H groups in total. The second kappa shape index (κ2) is 6.61. The van der Waals surface area contributed by atoms with E-state index in [1.54, 1.807) is 20.8 Å². The Morgan fingerprint density at radius 1 is 1.40 bits per heavy atom. The monoisotopic (exact) mass is 221 g/mol. The lowest BCUT2D eigenvalue weighted by molar-refractivity contribution is 0.0214. The molecule has 1 amide bonds. The highest BCUT2D eigenvalue weighted by molar-refractivity contribution is 5.68. The number of hydrogen-bond donors (Lipinski definition) is 1. The summed E-state index contributed by atoms with van der Waals surface area (Å²) in [5, 5.41) is 8.74. The van der Waals surface area contributed by atoms with Gasteiger partial charge in [-0.1, -0.05) is 0 Å². The Hall–Kier alpha value is -0.840. The predicted octanol–water partition coefficient (Wildman–Crippen LogP) is 1.58. The van der Waals surface area contributed by atoms with Crippen LogP contribution in [0.25, 0.3) is 0 Å². The molecule has 0 saturated carbocycles. The molecule has 15 heavy (non-hydrogen) atoms. The molecule has 0 spiro atoms. The van der Waals surface area contributed by atoms with Gasteiger partial charge in [-0.15, -0.1) is 0 Å².